The lowest BCUT2D eigenvalue weighted by atomic mass is 9.95. The van der Waals surface area contributed by atoms with Crippen LogP contribution < -0.4 is 10.6 Å². The maximum atomic E-state index is 12.4. The first-order valence-electron chi connectivity index (χ1n) is 6.85. The largest absolute Gasteiger partial charge is 0.348 e. The number of halogens is 1. The zero-order valence-corrected chi connectivity index (χ0v) is 15.3. The van der Waals surface area contributed by atoms with Gasteiger partial charge in [0.1, 0.15) is 9.77 Å². The number of carbonyl (C=O) groups is 1. The van der Waals surface area contributed by atoms with Gasteiger partial charge in [-0.15, -0.1) is 23.7 Å². The number of nitrogens with one attached hydrogen (secondary N) is 2. The van der Waals surface area contributed by atoms with Crippen LogP contribution in [-0.2, 0) is 10.0 Å². The third kappa shape index (κ3) is 3.99. The fraction of sp³-hybridized carbons (Fsp3) is 0.615. The van der Waals surface area contributed by atoms with Crippen LogP contribution in [0.1, 0.15) is 23.0 Å². The van der Waals surface area contributed by atoms with Gasteiger partial charge in [-0.05, 0) is 36.9 Å². The van der Waals surface area contributed by atoms with E-state index in [9.17, 15) is 13.2 Å². The molecule has 0 spiro atoms. The lowest BCUT2D eigenvalue weighted by molar-refractivity contribution is 0.0915. The molecule has 6 nitrogen and oxygen atoms in total. The molecule has 1 aromatic heterocycles. The van der Waals surface area contributed by atoms with Gasteiger partial charge in [-0.25, -0.2) is 12.7 Å². The molecule has 0 radical (unpaired) electrons. The first-order valence-corrected chi connectivity index (χ1v) is 9.17. The predicted molar refractivity (Wildman–Crippen MR) is 90.3 cm³/mol. The van der Waals surface area contributed by atoms with Crippen molar-refractivity contribution in [2.45, 2.75) is 24.3 Å². The Balaban J connectivity index is 0.00000242. The van der Waals surface area contributed by atoms with Crippen LogP contribution in [0.2, 0.25) is 0 Å². The summed E-state index contributed by atoms with van der Waals surface area (Å²) in [4.78, 5) is 12.7. The third-order valence-electron chi connectivity index (χ3n) is 3.70. The van der Waals surface area contributed by atoms with Crippen molar-refractivity contribution >= 4 is 39.7 Å². The molecular formula is C13H22ClN3O3S2. The topological polar surface area (TPSA) is 78.5 Å². The average molecular weight is 368 g/mol. The molecule has 1 amide bonds. The number of sulfonamides is 1. The van der Waals surface area contributed by atoms with E-state index in [-0.39, 0.29) is 34.1 Å². The number of hydrogen-bond donors (Lipinski definition) is 2. The number of thiophene rings is 1. The van der Waals surface area contributed by atoms with Crippen LogP contribution in [0.15, 0.2) is 16.3 Å². The molecule has 0 saturated carbocycles. The Labute approximate surface area is 141 Å². The molecule has 0 aliphatic carbocycles. The predicted octanol–water partition coefficient (Wildman–Crippen LogP) is 1.15. The van der Waals surface area contributed by atoms with E-state index in [2.05, 4.69) is 17.6 Å². The SMILES string of the molecule is CC1CNCCC1NC(=O)c1sccc1S(=O)(=O)N(C)C.Cl. The van der Waals surface area contributed by atoms with Crippen LogP contribution in [-0.4, -0.2) is 51.9 Å². The van der Waals surface area contributed by atoms with E-state index < -0.39 is 10.0 Å². The minimum atomic E-state index is -3.59. The van der Waals surface area contributed by atoms with Crippen LogP contribution >= 0.6 is 23.7 Å². The summed E-state index contributed by atoms with van der Waals surface area (Å²) in [6.07, 6.45) is 0.855. The first-order chi connectivity index (χ1) is 9.84. The zero-order valence-electron chi connectivity index (χ0n) is 12.8. The number of nitrogens with zero attached hydrogens (tertiary/aromatic N) is 1. The fourth-order valence-corrected chi connectivity index (χ4v) is 4.52. The van der Waals surface area contributed by atoms with E-state index in [1.54, 1.807) is 5.38 Å². The number of hydrogen-bond acceptors (Lipinski definition) is 5. The Morgan fingerprint density at radius 1 is 1.45 bits per heavy atom. The summed E-state index contributed by atoms with van der Waals surface area (Å²) in [5.74, 6) is 0.0285. The Bertz CT molecular complexity index is 616. The van der Waals surface area contributed by atoms with Crippen molar-refractivity contribution in [2.24, 2.45) is 5.92 Å². The molecule has 1 fully saturated rings. The van der Waals surface area contributed by atoms with E-state index in [1.807, 2.05) is 0 Å². The van der Waals surface area contributed by atoms with E-state index in [1.165, 1.54) is 20.2 Å². The summed E-state index contributed by atoms with van der Waals surface area (Å²) in [5, 5.41) is 7.88. The molecule has 2 heterocycles. The van der Waals surface area contributed by atoms with Gasteiger partial charge in [-0.1, -0.05) is 6.92 Å². The maximum Gasteiger partial charge on any atom is 0.262 e. The van der Waals surface area contributed by atoms with Crippen molar-refractivity contribution in [2.75, 3.05) is 27.2 Å². The Morgan fingerprint density at radius 2 is 2.14 bits per heavy atom. The molecule has 1 aliphatic rings. The van der Waals surface area contributed by atoms with Crippen molar-refractivity contribution in [3.63, 3.8) is 0 Å². The summed E-state index contributed by atoms with van der Waals surface area (Å²) in [7, 11) is -0.669. The molecule has 2 rings (SSSR count). The van der Waals surface area contributed by atoms with E-state index in [0.717, 1.165) is 35.2 Å². The summed E-state index contributed by atoms with van der Waals surface area (Å²) in [6, 6.07) is 1.57. The van der Waals surface area contributed by atoms with Gasteiger partial charge in [0.05, 0.1) is 0 Å². The minimum Gasteiger partial charge on any atom is -0.348 e. The molecule has 1 aliphatic heterocycles. The smallest absolute Gasteiger partial charge is 0.262 e. The van der Waals surface area contributed by atoms with Crippen LogP contribution in [0.5, 0.6) is 0 Å². The highest BCUT2D eigenvalue weighted by Gasteiger charge is 2.29. The quantitative estimate of drug-likeness (QED) is 0.836. The van der Waals surface area contributed by atoms with Gasteiger partial charge in [0, 0.05) is 20.1 Å². The number of piperidine rings is 1. The number of amides is 1. The van der Waals surface area contributed by atoms with Gasteiger partial charge in [-0.3, -0.25) is 4.79 Å². The van der Waals surface area contributed by atoms with E-state index in [0.29, 0.717) is 5.92 Å². The molecule has 9 heteroatoms. The number of rotatable bonds is 4. The Hall–Kier alpha value is -0.670. The Kier molecular flexibility index (Phi) is 6.82. The molecule has 1 aromatic rings. The van der Waals surface area contributed by atoms with Gasteiger partial charge < -0.3 is 10.6 Å². The van der Waals surface area contributed by atoms with Crippen LogP contribution in [0.25, 0.3) is 0 Å². The van der Waals surface area contributed by atoms with Gasteiger partial charge >= 0.3 is 0 Å². The molecule has 2 unspecified atom stereocenters. The first kappa shape index (κ1) is 19.4. The highest BCUT2D eigenvalue weighted by atomic mass is 35.5. The fourth-order valence-electron chi connectivity index (χ4n) is 2.33. The van der Waals surface area contributed by atoms with Crippen LogP contribution in [0, 0.1) is 5.92 Å². The second-order valence-corrected chi connectivity index (χ2v) is 8.49. The van der Waals surface area contributed by atoms with E-state index >= 15 is 0 Å². The monoisotopic (exact) mass is 367 g/mol. The third-order valence-corrected chi connectivity index (χ3v) is 6.60. The van der Waals surface area contributed by atoms with Crippen molar-refractivity contribution in [3.8, 4) is 0 Å². The van der Waals surface area contributed by atoms with Crippen LogP contribution in [0.3, 0.4) is 0 Å². The lowest BCUT2D eigenvalue weighted by Crippen LogP contribution is -2.48. The summed E-state index contributed by atoms with van der Waals surface area (Å²) in [5.41, 5.74) is 0. The second kappa shape index (κ2) is 7.74. The molecule has 0 bridgehead atoms. The summed E-state index contributed by atoms with van der Waals surface area (Å²) in [6.45, 7) is 3.80. The molecule has 0 aromatic carbocycles. The van der Waals surface area contributed by atoms with Gasteiger partial charge in [0.2, 0.25) is 10.0 Å². The molecule has 1 saturated heterocycles. The standard InChI is InChI=1S/C13H21N3O3S2.ClH/c1-9-8-14-6-4-10(9)15-13(17)12-11(5-7-20-12)21(18,19)16(2)3;/h5,7,9-10,14H,4,6,8H2,1-3H3,(H,15,17);1H. The lowest BCUT2D eigenvalue weighted by Gasteiger charge is -2.30. The summed E-state index contributed by atoms with van der Waals surface area (Å²) >= 11 is 1.16. The highest BCUT2D eigenvalue weighted by molar-refractivity contribution is 7.89. The second-order valence-electron chi connectivity index (χ2n) is 5.45. The van der Waals surface area contributed by atoms with Crippen molar-refractivity contribution in [1.29, 1.82) is 0 Å². The summed E-state index contributed by atoms with van der Waals surface area (Å²) < 4.78 is 25.6. The van der Waals surface area contributed by atoms with Crippen molar-refractivity contribution in [3.05, 3.63) is 16.3 Å². The maximum absolute atomic E-state index is 12.4. The average Bonchev–Trinajstić information content (AvgIpc) is 2.91. The normalized spacial score (nSPS) is 22.2. The Morgan fingerprint density at radius 3 is 2.73 bits per heavy atom. The van der Waals surface area contributed by atoms with Crippen LogP contribution in [0.4, 0.5) is 0 Å². The molecular weight excluding hydrogens is 346 g/mol. The van der Waals surface area contributed by atoms with Gasteiger partial charge in [-0.2, -0.15) is 0 Å². The van der Waals surface area contributed by atoms with Crippen molar-refractivity contribution < 1.29 is 13.2 Å². The highest BCUT2D eigenvalue weighted by Crippen LogP contribution is 2.24. The molecule has 22 heavy (non-hydrogen) atoms. The molecule has 126 valence electrons. The zero-order chi connectivity index (χ0) is 15.6. The van der Waals surface area contributed by atoms with Crippen molar-refractivity contribution in [1.82, 2.24) is 14.9 Å². The molecule has 2 N–H and O–H groups in total. The number of carbonyl (C=O) groups excluding carboxylic acids is 1. The minimum absolute atomic E-state index is 0. The molecule has 2 atom stereocenters. The van der Waals surface area contributed by atoms with Gasteiger partial charge in [0.25, 0.3) is 5.91 Å². The van der Waals surface area contributed by atoms with Gasteiger partial charge in [0.15, 0.2) is 0 Å². The van der Waals surface area contributed by atoms with E-state index in [4.69, 9.17) is 0 Å².